The minimum Gasteiger partial charge on any atom is -0.480 e. The van der Waals surface area contributed by atoms with Gasteiger partial charge in [0.05, 0.1) is 7.11 Å². The van der Waals surface area contributed by atoms with E-state index in [4.69, 9.17) is 10.8 Å². The molecule has 0 aromatic heterocycles. The van der Waals surface area contributed by atoms with E-state index in [0.717, 1.165) is 6.42 Å². The number of hydrogen-bond donors (Lipinski definition) is 3. The molecule has 2 atom stereocenters. The van der Waals surface area contributed by atoms with Gasteiger partial charge in [-0.05, 0) is 32.2 Å². The van der Waals surface area contributed by atoms with Crippen LogP contribution in [0.5, 0.6) is 0 Å². The first kappa shape index (κ1) is 18.4. The Bertz CT molecular complexity index is 333. The number of ether oxygens (including phenoxy) is 1. The third kappa shape index (κ3) is 7.73. The highest BCUT2D eigenvalue weighted by Crippen LogP contribution is 2.08. The lowest BCUT2D eigenvalue weighted by molar-refractivity contribution is -0.143. The maximum Gasteiger partial charge on any atom is 0.326 e. The first-order valence-corrected chi connectivity index (χ1v) is 6.72. The zero-order valence-electron chi connectivity index (χ0n) is 12.1. The number of aliphatic carboxylic acids is 1. The Morgan fingerprint density at radius 2 is 1.90 bits per heavy atom. The lowest BCUT2D eigenvalue weighted by Crippen LogP contribution is -2.43. The smallest absolute Gasteiger partial charge is 0.326 e. The average molecular weight is 288 g/mol. The molecule has 0 saturated heterocycles. The molecule has 7 heteroatoms. The molecule has 7 nitrogen and oxygen atoms in total. The number of rotatable bonds is 10. The first-order chi connectivity index (χ1) is 9.42. The fourth-order valence-corrected chi connectivity index (χ4v) is 1.63. The van der Waals surface area contributed by atoms with Crippen molar-refractivity contribution in [3.8, 4) is 0 Å². The second-order valence-electron chi connectivity index (χ2n) is 4.70. The lowest BCUT2D eigenvalue weighted by atomic mass is 10.0. The van der Waals surface area contributed by atoms with Crippen LogP contribution in [0.25, 0.3) is 0 Å². The van der Waals surface area contributed by atoms with E-state index in [-0.39, 0.29) is 18.3 Å². The second-order valence-corrected chi connectivity index (χ2v) is 4.70. The van der Waals surface area contributed by atoms with E-state index in [1.165, 1.54) is 7.11 Å². The van der Waals surface area contributed by atoms with Crippen LogP contribution in [0.1, 0.15) is 39.0 Å². The number of carboxylic acids is 1. The molecule has 1 unspecified atom stereocenters. The van der Waals surface area contributed by atoms with Gasteiger partial charge in [0.25, 0.3) is 0 Å². The summed E-state index contributed by atoms with van der Waals surface area (Å²) in [5, 5.41) is 11.5. The highest BCUT2D eigenvalue weighted by atomic mass is 16.5. The number of hydrogen-bond acceptors (Lipinski definition) is 5. The summed E-state index contributed by atoms with van der Waals surface area (Å²) in [6.07, 6.45) is 2.17. The van der Waals surface area contributed by atoms with Crippen LogP contribution in [0, 0.1) is 5.92 Å². The van der Waals surface area contributed by atoms with Crippen LogP contribution in [0.4, 0.5) is 0 Å². The van der Waals surface area contributed by atoms with Crippen molar-refractivity contribution in [2.24, 2.45) is 11.7 Å². The summed E-state index contributed by atoms with van der Waals surface area (Å²) in [4.78, 5) is 33.9. The van der Waals surface area contributed by atoms with Crippen LogP contribution in [0.3, 0.4) is 0 Å². The Balaban J connectivity index is 4.22. The maximum absolute atomic E-state index is 11.8. The summed E-state index contributed by atoms with van der Waals surface area (Å²) in [5.41, 5.74) is 5.34. The number of unbranched alkanes of at least 4 members (excludes halogenated alkanes) is 1. The van der Waals surface area contributed by atoms with Crippen molar-refractivity contribution in [2.45, 2.75) is 45.1 Å². The van der Waals surface area contributed by atoms with E-state index in [9.17, 15) is 14.4 Å². The summed E-state index contributed by atoms with van der Waals surface area (Å²) in [6, 6.07) is -0.908. The van der Waals surface area contributed by atoms with Crippen LogP contribution in [0.15, 0.2) is 0 Å². The van der Waals surface area contributed by atoms with Crippen LogP contribution >= 0.6 is 0 Å². The van der Waals surface area contributed by atoms with E-state index in [0.29, 0.717) is 25.8 Å². The highest BCUT2D eigenvalue weighted by molar-refractivity contribution is 5.85. The quantitative estimate of drug-likeness (QED) is 0.392. The number of carbonyl (C=O) groups excluding carboxylic acids is 2. The number of nitrogens with two attached hydrogens (primary N) is 1. The number of esters is 1. The van der Waals surface area contributed by atoms with Crippen molar-refractivity contribution in [2.75, 3.05) is 13.7 Å². The van der Waals surface area contributed by atoms with E-state index in [1.807, 2.05) is 0 Å². The van der Waals surface area contributed by atoms with Gasteiger partial charge in [0, 0.05) is 12.3 Å². The number of amides is 1. The minimum absolute atomic E-state index is 0.135. The Hall–Kier alpha value is -1.63. The molecule has 116 valence electrons. The Morgan fingerprint density at radius 3 is 2.40 bits per heavy atom. The van der Waals surface area contributed by atoms with E-state index >= 15 is 0 Å². The normalized spacial score (nSPS) is 13.3. The molecule has 0 bridgehead atoms. The topological polar surface area (TPSA) is 119 Å². The first-order valence-electron chi connectivity index (χ1n) is 6.72. The van der Waals surface area contributed by atoms with Crippen molar-refractivity contribution < 1.29 is 24.2 Å². The van der Waals surface area contributed by atoms with Crippen molar-refractivity contribution >= 4 is 17.8 Å². The zero-order valence-corrected chi connectivity index (χ0v) is 12.1. The molecule has 0 aliphatic rings. The molecule has 4 N–H and O–H groups in total. The van der Waals surface area contributed by atoms with Gasteiger partial charge in [-0.25, -0.2) is 4.79 Å². The van der Waals surface area contributed by atoms with Gasteiger partial charge >= 0.3 is 11.9 Å². The van der Waals surface area contributed by atoms with Crippen LogP contribution in [-0.2, 0) is 19.1 Å². The monoisotopic (exact) mass is 288 g/mol. The average Bonchev–Trinajstić information content (AvgIpc) is 2.42. The van der Waals surface area contributed by atoms with E-state index in [1.54, 1.807) is 6.92 Å². The molecule has 0 spiro atoms. The van der Waals surface area contributed by atoms with Gasteiger partial charge in [0.15, 0.2) is 0 Å². The molecule has 0 fully saturated rings. The summed E-state index contributed by atoms with van der Waals surface area (Å²) in [5.74, 6) is -2.25. The number of methoxy groups -OCH3 is 1. The highest BCUT2D eigenvalue weighted by Gasteiger charge is 2.22. The zero-order chi connectivity index (χ0) is 15.5. The van der Waals surface area contributed by atoms with Gasteiger partial charge < -0.3 is 20.9 Å². The molecule has 0 radical (unpaired) electrons. The van der Waals surface area contributed by atoms with Gasteiger partial charge in [0.1, 0.15) is 6.04 Å². The fourth-order valence-electron chi connectivity index (χ4n) is 1.63. The summed E-state index contributed by atoms with van der Waals surface area (Å²) in [6.45, 7) is 2.15. The van der Waals surface area contributed by atoms with Gasteiger partial charge in [-0.2, -0.15) is 0 Å². The Labute approximate surface area is 118 Å². The SMILES string of the molecule is COC(=O)CCC(C)C(=O)N[C@@H](CCCCN)C(=O)O. The molecule has 0 aliphatic heterocycles. The molecule has 0 aromatic carbocycles. The largest absolute Gasteiger partial charge is 0.480 e. The second kappa shape index (κ2) is 10.2. The standard InChI is InChI=1S/C13H24N2O5/c1-9(6-7-11(16)20-2)12(17)15-10(13(18)19)5-3-4-8-14/h9-10H,3-8,14H2,1-2H3,(H,15,17)(H,18,19)/t9?,10-/m0/s1. The van der Waals surface area contributed by atoms with Gasteiger partial charge in [-0.15, -0.1) is 0 Å². The molecule has 0 aromatic rings. The van der Waals surface area contributed by atoms with E-state index < -0.39 is 17.9 Å². The molecule has 0 aliphatic carbocycles. The van der Waals surface area contributed by atoms with Crippen molar-refractivity contribution in [1.29, 1.82) is 0 Å². The number of nitrogens with one attached hydrogen (secondary N) is 1. The third-order valence-corrected chi connectivity index (χ3v) is 3.02. The summed E-state index contributed by atoms with van der Waals surface area (Å²) in [7, 11) is 1.28. The van der Waals surface area contributed by atoms with Crippen LogP contribution < -0.4 is 11.1 Å². The maximum atomic E-state index is 11.8. The van der Waals surface area contributed by atoms with Crippen molar-refractivity contribution in [3.63, 3.8) is 0 Å². The Kier molecular flexibility index (Phi) is 9.36. The molecular weight excluding hydrogens is 264 g/mol. The molecule has 20 heavy (non-hydrogen) atoms. The van der Waals surface area contributed by atoms with Crippen molar-refractivity contribution in [3.05, 3.63) is 0 Å². The van der Waals surface area contributed by atoms with Gasteiger partial charge in [0.2, 0.25) is 5.91 Å². The van der Waals surface area contributed by atoms with Gasteiger partial charge in [-0.1, -0.05) is 6.92 Å². The predicted molar refractivity (Wildman–Crippen MR) is 72.9 cm³/mol. The lowest BCUT2D eigenvalue weighted by Gasteiger charge is -2.17. The van der Waals surface area contributed by atoms with Crippen LogP contribution in [0.2, 0.25) is 0 Å². The van der Waals surface area contributed by atoms with Gasteiger partial charge in [-0.3, -0.25) is 9.59 Å². The minimum atomic E-state index is -1.06. The summed E-state index contributed by atoms with van der Waals surface area (Å²) < 4.78 is 4.49. The van der Waals surface area contributed by atoms with E-state index in [2.05, 4.69) is 10.1 Å². The molecular formula is C13H24N2O5. The Morgan fingerprint density at radius 1 is 1.25 bits per heavy atom. The molecule has 0 saturated carbocycles. The van der Waals surface area contributed by atoms with Crippen LogP contribution in [-0.4, -0.2) is 42.6 Å². The summed E-state index contributed by atoms with van der Waals surface area (Å²) >= 11 is 0. The third-order valence-electron chi connectivity index (χ3n) is 3.02. The number of carboxylic acid groups (broad SMARTS) is 1. The molecule has 0 heterocycles. The predicted octanol–water partition coefficient (Wildman–Crippen LogP) is 0.274. The number of carbonyl (C=O) groups is 3. The molecule has 0 rings (SSSR count). The molecule has 1 amide bonds. The fraction of sp³-hybridized carbons (Fsp3) is 0.769. The van der Waals surface area contributed by atoms with Crippen molar-refractivity contribution in [1.82, 2.24) is 5.32 Å².